The van der Waals surface area contributed by atoms with Gasteiger partial charge in [0, 0.05) is 32.7 Å². The molecule has 3 aromatic rings. The second kappa shape index (κ2) is 9.60. The summed E-state index contributed by atoms with van der Waals surface area (Å²) in [5.74, 6) is 1.53. The van der Waals surface area contributed by atoms with Crippen molar-refractivity contribution in [2.24, 2.45) is 0 Å². The van der Waals surface area contributed by atoms with E-state index in [2.05, 4.69) is 25.8 Å². The lowest BCUT2D eigenvalue weighted by Crippen LogP contribution is -2.49. The van der Waals surface area contributed by atoms with Gasteiger partial charge in [-0.15, -0.1) is 0 Å². The molecule has 1 aliphatic rings. The molecular formula is C24H30N4O3. The first kappa shape index (κ1) is 21.5. The van der Waals surface area contributed by atoms with E-state index in [0.29, 0.717) is 24.3 Å². The number of fused-ring (bicyclic) bond motifs is 1. The Hall–Kier alpha value is -2.74. The van der Waals surface area contributed by atoms with Crippen LogP contribution in [-0.2, 0) is 6.54 Å². The molecule has 0 bridgehead atoms. The number of aliphatic hydroxyl groups excluding tert-OH is 1. The van der Waals surface area contributed by atoms with Crippen LogP contribution in [0.2, 0.25) is 0 Å². The van der Waals surface area contributed by atoms with Gasteiger partial charge in [-0.2, -0.15) is 0 Å². The van der Waals surface area contributed by atoms with Gasteiger partial charge in [0.05, 0.1) is 17.4 Å². The Kier molecular flexibility index (Phi) is 6.65. The number of β-amino-alcohol motifs (C(OH)–C–C–N with tert-alkyl or cyclic N) is 1. The molecule has 2 heterocycles. The molecular weight excluding hydrogens is 392 g/mol. The van der Waals surface area contributed by atoms with Crippen molar-refractivity contribution < 1.29 is 9.84 Å². The van der Waals surface area contributed by atoms with Gasteiger partial charge in [-0.3, -0.25) is 14.6 Å². The van der Waals surface area contributed by atoms with Crippen molar-refractivity contribution in [3.8, 4) is 5.75 Å². The predicted octanol–water partition coefficient (Wildman–Crippen LogP) is 2.10. The molecule has 2 aromatic carbocycles. The highest BCUT2D eigenvalue weighted by Crippen LogP contribution is 2.19. The molecule has 4 rings (SSSR count). The van der Waals surface area contributed by atoms with E-state index in [-0.39, 0.29) is 12.2 Å². The van der Waals surface area contributed by atoms with Gasteiger partial charge in [0.15, 0.2) is 0 Å². The average Bonchev–Trinajstić information content (AvgIpc) is 2.76. The van der Waals surface area contributed by atoms with E-state index in [0.717, 1.165) is 48.6 Å². The number of aryl methyl sites for hydroxylation is 2. The Morgan fingerprint density at radius 3 is 2.65 bits per heavy atom. The number of para-hydroxylation sites is 1. The highest BCUT2D eigenvalue weighted by molar-refractivity contribution is 5.77. The van der Waals surface area contributed by atoms with Gasteiger partial charge in [-0.1, -0.05) is 24.3 Å². The lowest BCUT2D eigenvalue weighted by molar-refractivity contribution is 0.0440. The second-order valence-corrected chi connectivity index (χ2v) is 8.34. The Morgan fingerprint density at radius 2 is 1.84 bits per heavy atom. The Bertz CT molecular complexity index is 1090. The van der Waals surface area contributed by atoms with Gasteiger partial charge in [-0.25, -0.2) is 4.98 Å². The van der Waals surface area contributed by atoms with Crippen molar-refractivity contribution in [2.75, 3.05) is 39.3 Å². The number of nitrogens with zero attached hydrogens (tertiary/aromatic N) is 3. The standard InChI is InChI=1S/C24H30N4O3/c1-17-7-8-18(2)22(13-17)31-16-19(29)14-27-9-11-28(12-10-27)15-23-25-21-6-4-3-5-20(21)24(30)26-23/h3-8,13,19,29H,9-12,14-16H2,1-2H3,(H,25,26,30). The van der Waals surface area contributed by atoms with Crippen LogP contribution >= 0.6 is 0 Å². The lowest BCUT2D eigenvalue weighted by atomic mass is 10.1. The van der Waals surface area contributed by atoms with Crippen LogP contribution in [0.3, 0.4) is 0 Å². The quantitative estimate of drug-likeness (QED) is 0.607. The first-order chi connectivity index (χ1) is 15.0. The summed E-state index contributed by atoms with van der Waals surface area (Å²) in [4.78, 5) is 24.3. The number of rotatable bonds is 7. The van der Waals surface area contributed by atoms with Crippen LogP contribution in [0.4, 0.5) is 0 Å². The largest absolute Gasteiger partial charge is 0.491 e. The zero-order chi connectivity index (χ0) is 21.8. The van der Waals surface area contributed by atoms with Gasteiger partial charge >= 0.3 is 0 Å². The molecule has 1 aliphatic heterocycles. The van der Waals surface area contributed by atoms with Gasteiger partial charge < -0.3 is 14.8 Å². The monoisotopic (exact) mass is 422 g/mol. The van der Waals surface area contributed by atoms with E-state index in [9.17, 15) is 9.90 Å². The minimum absolute atomic E-state index is 0.0915. The number of benzene rings is 2. The number of ether oxygens (including phenoxy) is 1. The number of piperazine rings is 1. The van der Waals surface area contributed by atoms with Gasteiger partial charge in [0.1, 0.15) is 24.3 Å². The van der Waals surface area contributed by atoms with Crippen molar-refractivity contribution in [3.05, 3.63) is 69.8 Å². The molecule has 0 spiro atoms. The molecule has 1 fully saturated rings. The minimum atomic E-state index is -0.537. The summed E-state index contributed by atoms with van der Waals surface area (Å²) in [5, 5.41) is 11.0. The molecule has 164 valence electrons. The van der Waals surface area contributed by atoms with Gasteiger partial charge in [0.2, 0.25) is 0 Å². The van der Waals surface area contributed by atoms with Crippen LogP contribution < -0.4 is 10.3 Å². The maximum atomic E-state index is 12.3. The van der Waals surface area contributed by atoms with Crippen molar-refractivity contribution in [1.82, 2.24) is 19.8 Å². The third-order valence-electron chi connectivity index (χ3n) is 5.74. The highest BCUT2D eigenvalue weighted by atomic mass is 16.5. The van der Waals surface area contributed by atoms with E-state index in [4.69, 9.17) is 4.74 Å². The summed E-state index contributed by atoms with van der Waals surface area (Å²) in [6, 6.07) is 13.5. The Labute approximate surface area is 182 Å². The Morgan fingerprint density at radius 1 is 1.10 bits per heavy atom. The molecule has 0 saturated carbocycles. The van der Waals surface area contributed by atoms with Crippen LogP contribution in [0.25, 0.3) is 10.9 Å². The fraction of sp³-hybridized carbons (Fsp3) is 0.417. The zero-order valence-corrected chi connectivity index (χ0v) is 18.2. The third kappa shape index (κ3) is 5.50. The molecule has 0 radical (unpaired) electrons. The second-order valence-electron chi connectivity index (χ2n) is 8.34. The summed E-state index contributed by atoms with van der Waals surface area (Å²) >= 11 is 0. The Balaban J connectivity index is 1.25. The van der Waals surface area contributed by atoms with Crippen LogP contribution in [0.15, 0.2) is 47.3 Å². The SMILES string of the molecule is Cc1ccc(C)c(OCC(O)CN2CCN(Cc3nc4ccccc4c(=O)[nH]3)CC2)c1. The molecule has 0 aliphatic carbocycles. The molecule has 1 saturated heterocycles. The van der Waals surface area contributed by atoms with Crippen molar-refractivity contribution in [1.29, 1.82) is 0 Å². The predicted molar refractivity (Wildman–Crippen MR) is 121 cm³/mol. The van der Waals surface area contributed by atoms with E-state index in [1.54, 1.807) is 6.07 Å². The van der Waals surface area contributed by atoms with Crippen LogP contribution in [0.1, 0.15) is 17.0 Å². The molecule has 7 heteroatoms. The maximum Gasteiger partial charge on any atom is 0.258 e. The molecule has 31 heavy (non-hydrogen) atoms. The number of aromatic amines is 1. The lowest BCUT2D eigenvalue weighted by Gasteiger charge is -2.35. The first-order valence-electron chi connectivity index (χ1n) is 10.8. The molecule has 1 atom stereocenters. The number of aliphatic hydroxyl groups is 1. The summed E-state index contributed by atoms with van der Waals surface area (Å²) in [7, 11) is 0. The van der Waals surface area contributed by atoms with E-state index in [1.807, 2.05) is 44.2 Å². The molecule has 2 N–H and O–H groups in total. The third-order valence-corrected chi connectivity index (χ3v) is 5.74. The topological polar surface area (TPSA) is 81.7 Å². The number of nitrogens with one attached hydrogen (secondary N) is 1. The summed E-state index contributed by atoms with van der Waals surface area (Å²) < 4.78 is 5.84. The van der Waals surface area contributed by atoms with E-state index >= 15 is 0 Å². The van der Waals surface area contributed by atoms with E-state index < -0.39 is 6.10 Å². The van der Waals surface area contributed by atoms with Gasteiger partial charge in [0.25, 0.3) is 5.56 Å². The highest BCUT2D eigenvalue weighted by Gasteiger charge is 2.20. The summed E-state index contributed by atoms with van der Waals surface area (Å²) in [6.45, 7) is 8.98. The summed E-state index contributed by atoms with van der Waals surface area (Å²) in [6.07, 6.45) is -0.537. The smallest absolute Gasteiger partial charge is 0.258 e. The molecule has 7 nitrogen and oxygen atoms in total. The fourth-order valence-corrected chi connectivity index (χ4v) is 3.95. The van der Waals surface area contributed by atoms with Crippen molar-refractivity contribution >= 4 is 10.9 Å². The maximum absolute atomic E-state index is 12.3. The first-order valence-corrected chi connectivity index (χ1v) is 10.8. The molecule has 0 amide bonds. The molecule has 1 aromatic heterocycles. The van der Waals surface area contributed by atoms with Crippen molar-refractivity contribution in [3.63, 3.8) is 0 Å². The average molecular weight is 423 g/mol. The molecule has 1 unspecified atom stereocenters. The fourth-order valence-electron chi connectivity index (χ4n) is 3.95. The van der Waals surface area contributed by atoms with Crippen molar-refractivity contribution in [2.45, 2.75) is 26.5 Å². The van der Waals surface area contributed by atoms with Crippen LogP contribution in [0, 0.1) is 13.8 Å². The number of H-pyrrole nitrogens is 1. The number of aromatic nitrogens is 2. The van der Waals surface area contributed by atoms with Gasteiger partial charge in [-0.05, 0) is 43.2 Å². The van der Waals surface area contributed by atoms with E-state index in [1.165, 1.54) is 0 Å². The minimum Gasteiger partial charge on any atom is -0.491 e. The number of hydrogen-bond acceptors (Lipinski definition) is 6. The van der Waals surface area contributed by atoms with Crippen LogP contribution in [-0.4, -0.2) is 70.3 Å². The summed E-state index contributed by atoms with van der Waals surface area (Å²) in [5.41, 5.74) is 2.86. The normalized spacial score (nSPS) is 16.5. The number of hydrogen-bond donors (Lipinski definition) is 2. The zero-order valence-electron chi connectivity index (χ0n) is 18.2. The van der Waals surface area contributed by atoms with Crippen LogP contribution in [0.5, 0.6) is 5.75 Å².